The number of aromatic nitrogens is 1. The lowest BCUT2D eigenvalue weighted by Gasteiger charge is -2.27. The van der Waals surface area contributed by atoms with Crippen LogP contribution in [0.25, 0.3) is 0 Å². The predicted molar refractivity (Wildman–Crippen MR) is 89.7 cm³/mol. The number of nitrogens with zero attached hydrogens (tertiary/aromatic N) is 2. The molecule has 24 heavy (non-hydrogen) atoms. The first-order valence-corrected chi connectivity index (χ1v) is 8.34. The van der Waals surface area contributed by atoms with Crippen molar-refractivity contribution in [2.24, 2.45) is 0 Å². The Labute approximate surface area is 149 Å². The summed E-state index contributed by atoms with van der Waals surface area (Å²) in [5, 5.41) is 0. The maximum absolute atomic E-state index is 12.4. The van der Waals surface area contributed by atoms with Gasteiger partial charge < -0.3 is 14.2 Å². The van der Waals surface area contributed by atoms with Gasteiger partial charge in [0.25, 0.3) is 0 Å². The lowest BCUT2D eigenvalue weighted by atomic mass is 10.2. The van der Waals surface area contributed by atoms with Gasteiger partial charge in [0, 0.05) is 23.2 Å². The van der Waals surface area contributed by atoms with Gasteiger partial charge in [-0.1, -0.05) is 15.9 Å². The van der Waals surface area contributed by atoms with Gasteiger partial charge in [-0.2, -0.15) is 0 Å². The van der Waals surface area contributed by atoms with Crippen molar-refractivity contribution < 1.29 is 23.8 Å². The van der Waals surface area contributed by atoms with Gasteiger partial charge in [-0.3, -0.25) is 4.90 Å². The molecule has 0 spiro atoms. The fourth-order valence-electron chi connectivity index (χ4n) is 2.39. The molecule has 0 radical (unpaired) electrons. The Bertz CT molecular complexity index is 617. The van der Waals surface area contributed by atoms with Crippen LogP contribution in [0.4, 0.5) is 4.79 Å². The van der Waals surface area contributed by atoms with Crippen LogP contribution in [0.5, 0.6) is 5.88 Å². The molecule has 1 aliphatic heterocycles. The van der Waals surface area contributed by atoms with Crippen LogP contribution < -0.4 is 4.74 Å². The van der Waals surface area contributed by atoms with Crippen LogP contribution in [0.3, 0.4) is 0 Å². The first-order valence-electron chi connectivity index (χ1n) is 7.55. The summed E-state index contributed by atoms with van der Waals surface area (Å²) in [4.78, 5) is 29.8. The quantitative estimate of drug-likeness (QED) is 0.725. The maximum Gasteiger partial charge on any atom is 0.411 e. The minimum atomic E-state index is -0.734. The summed E-state index contributed by atoms with van der Waals surface area (Å²) in [6, 6.07) is 2.77. The number of likely N-dealkylation sites (tertiary alicyclic amines) is 1. The Morgan fingerprint density at radius 2 is 2.08 bits per heavy atom. The van der Waals surface area contributed by atoms with E-state index in [-0.39, 0.29) is 12.6 Å². The first-order chi connectivity index (χ1) is 11.2. The van der Waals surface area contributed by atoms with Gasteiger partial charge in [-0.25, -0.2) is 14.6 Å². The summed E-state index contributed by atoms with van der Waals surface area (Å²) in [6.07, 6.45) is 0.993. The lowest BCUT2D eigenvalue weighted by Crippen LogP contribution is -2.44. The summed E-state index contributed by atoms with van der Waals surface area (Å²) in [7, 11) is 1.29. The van der Waals surface area contributed by atoms with Crippen molar-refractivity contribution in [3.05, 3.63) is 22.8 Å². The van der Waals surface area contributed by atoms with E-state index in [9.17, 15) is 9.59 Å². The number of esters is 1. The second-order valence-corrected chi connectivity index (χ2v) is 7.38. The molecule has 1 aliphatic rings. The van der Waals surface area contributed by atoms with Gasteiger partial charge in [0.15, 0.2) is 0 Å². The summed E-state index contributed by atoms with van der Waals surface area (Å²) < 4.78 is 16.8. The standard InChI is InChI=1S/C16H21BrN2O5/c1-16(2,3)24-15(21)19-9-11(8-12(19)14(20)22-4)23-13-7-10(17)5-6-18-13/h5-7,11-12H,8-9H2,1-4H3. The number of rotatable bonds is 3. The van der Waals surface area contributed by atoms with Crippen molar-refractivity contribution in [1.29, 1.82) is 0 Å². The largest absolute Gasteiger partial charge is 0.472 e. The van der Waals surface area contributed by atoms with E-state index in [1.165, 1.54) is 12.0 Å². The fourth-order valence-corrected chi connectivity index (χ4v) is 2.70. The normalized spacial score (nSPS) is 20.6. The van der Waals surface area contributed by atoms with Crippen LogP contribution in [-0.2, 0) is 14.3 Å². The molecule has 8 heteroatoms. The molecular weight excluding hydrogens is 380 g/mol. The smallest absolute Gasteiger partial charge is 0.411 e. The number of methoxy groups -OCH3 is 1. The molecule has 2 heterocycles. The molecule has 0 saturated carbocycles. The van der Waals surface area contributed by atoms with Crippen LogP contribution in [0.2, 0.25) is 0 Å². The van der Waals surface area contributed by atoms with E-state index in [0.29, 0.717) is 12.3 Å². The topological polar surface area (TPSA) is 78.0 Å². The molecule has 0 N–H and O–H groups in total. The molecule has 132 valence electrons. The number of ether oxygens (including phenoxy) is 3. The van der Waals surface area contributed by atoms with Crippen LogP contribution in [0, 0.1) is 0 Å². The van der Waals surface area contributed by atoms with E-state index < -0.39 is 23.7 Å². The number of carbonyl (C=O) groups is 2. The Morgan fingerprint density at radius 3 is 2.67 bits per heavy atom. The van der Waals surface area contributed by atoms with Crippen LogP contribution in [0.15, 0.2) is 22.8 Å². The second kappa shape index (κ2) is 7.38. The number of pyridine rings is 1. The second-order valence-electron chi connectivity index (χ2n) is 6.46. The molecule has 1 saturated heterocycles. The Balaban J connectivity index is 2.11. The number of hydrogen-bond donors (Lipinski definition) is 0. The molecule has 1 amide bonds. The highest BCUT2D eigenvalue weighted by atomic mass is 79.9. The van der Waals surface area contributed by atoms with Crippen molar-refractivity contribution in [1.82, 2.24) is 9.88 Å². The molecule has 0 bridgehead atoms. The van der Waals surface area contributed by atoms with E-state index in [1.54, 1.807) is 39.1 Å². The molecule has 2 atom stereocenters. The summed E-state index contributed by atoms with van der Waals surface area (Å²) in [6.45, 7) is 5.54. The minimum absolute atomic E-state index is 0.225. The van der Waals surface area contributed by atoms with Crippen molar-refractivity contribution in [3.63, 3.8) is 0 Å². The number of halogens is 1. The summed E-state index contributed by atoms with van der Waals surface area (Å²) in [5.74, 6) is -0.0711. The zero-order valence-electron chi connectivity index (χ0n) is 14.1. The van der Waals surface area contributed by atoms with E-state index in [1.807, 2.05) is 0 Å². The van der Waals surface area contributed by atoms with Crippen LogP contribution in [-0.4, -0.2) is 53.3 Å². The highest BCUT2D eigenvalue weighted by Gasteiger charge is 2.43. The lowest BCUT2D eigenvalue weighted by molar-refractivity contribution is -0.145. The average molecular weight is 401 g/mol. The van der Waals surface area contributed by atoms with Crippen molar-refractivity contribution in [2.45, 2.75) is 44.9 Å². The van der Waals surface area contributed by atoms with E-state index in [4.69, 9.17) is 14.2 Å². The molecule has 0 aromatic carbocycles. The molecule has 7 nitrogen and oxygen atoms in total. The Kier molecular flexibility index (Phi) is 5.69. The van der Waals surface area contributed by atoms with Crippen LogP contribution in [0.1, 0.15) is 27.2 Å². The van der Waals surface area contributed by atoms with Gasteiger partial charge in [0.05, 0.1) is 13.7 Å². The maximum atomic E-state index is 12.4. The summed E-state index contributed by atoms with van der Waals surface area (Å²) >= 11 is 3.35. The summed E-state index contributed by atoms with van der Waals surface area (Å²) in [5.41, 5.74) is -0.650. The van der Waals surface area contributed by atoms with Gasteiger partial charge in [0.1, 0.15) is 17.7 Å². The van der Waals surface area contributed by atoms with Crippen molar-refractivity contribution in [3.8, 4) is 5.88 Å². The van der Waals surface area contributed by atoms with E-state index >= 15 is 0 Å². The Morgan fingerprint density at radius 1 is 1.38 bits per heavy atom. The number of carbonyl (C=O) groups excluding carboxylic acids is 2. The van der Waals surface area contributed by atoms with E-state index in [2.05, 4.69) is 20.9 Å². The molecule has 2 rings (SSSR count). The number of hydrogen-bond acceptors (Lipinski definition) is 6. The average Bonchev–Trinajstić information content (AvgIpc) is 2.88. The SMILES string of the molecule is COC(=O)C1CC(Oc2cc(Br)ccn2)CN1C(=O)OC(C)(C)C. The van der Waals surface area contributed by atoms with Gasteiger partial charge in [-0.05, 0) is 26.8 Å². The molecule has 1 aromatic rings. The molecular formula is C16H21BrN2O5. The molecule has 2 unspecified atom stereocenters. The third-order valence-corrected chi connectivity index (χ3v) is 3.84. The monoisotopic (exact) mass is 400 g/mol. The fraction of sp³-hybridized carbons (Fsp3) is 0.562. The van der Waals surface area contributed by atoms with Gasteiger partial charge >= 0.3 is 12.1 Å². The molecule has 1 fully saturated rings. The minimum Gasteiger partial charge on any atom is -0.472 e. The Hall–Kier alpha value is -1.83. The van der Waals surface area contributed by atoms with Crippen molar-refractivity contribution >= 4 is 28.0 Å². The third kappa shape index (κ3) is 4.83. The number of amides is 1. The van der Waals surface area contributed by atoms with E-state index in [0.717, 1.165) is 4.47 Å². The zero-order valence-corrected chi connectivity index (χ0v) is 15.7. The van der Waals surface area contributed by atoms with Gasteiger partial charge in [0.2, 0.25) is 5.88 Å². The zero-order chi connectivity index (χ0) is 17.9. The van der Waals surface area contributed by atoms with Crippen LogP contribution >= 0.6 is 15.9 Å². The third-order valence-electron chi connectivity index (χ3n) is 3.35. The van der Waals surface area contributed by atoms with Gasteiger partial charge in [-0.15, -0.1) is 0 Å². The van der Waals surface area contributed by atoms with Crippen molar-refractivity contribution in [2.75, 3.05) is 13.7 Å². The highest BCUT2D eigenvalue weighted by molar-refractivity contribution is 9.10. The predicted octanol–water partition coefficient (Wildman–Crippen LogP) is 2.77. The highest BCUT2D eigenvalue weighted by Crippen LogP contribution is 2.26. The molecule has 1 aromatic heterocycles. The first kappa shape index (κ1) is 18.5. The molecule has 0 aliphatic carbocycles.